The standard InChI is InChI=1S/C18H28ClN3O2/c1-4-5-8-22-9-6-13(7-10-22)16(12(2)23)14-11-15(19)17(20)21-18(14)24-3/h11,13,16H,4-10H2,1-3H3,(H2,20,21). The third-order valence-electron chi connectivity index (χ3n) is 4.89. The zero-order valence-electron chi connectivity index (χ0n) is 14.8. The van der Waals surface area contributed by atoms with E-state index >= 15 is 0 Å². The number of rotatable bonds is 7. The maximum atomic E-state index is 12.4. The number of likely N-dealkylation sites (tertiary alicyclic amines) is 1. The lowest BCUT2D eigenvalue weighted by atomic mass is 9.78. The number of aromatic nitrogens is 1. The van der Waals surface area contributed by atoms with Crippen LogP contribution in [0.2, 0.25) is 5.02 Å². The highest BCUT2D eigenvalue weighted by Crippen LogP contribution is 2.39. The zero-order chi connectivity index (χ0) is 17.7. The van der Waals surface area contributed by atoms with Gasteiger partial charge in [-0.25, -0.2) is 0 Å². The molecule has 2 rings (SSSR count). The number of hydrogen-bond donors (Lipinski definition) is 1. The van der Waals surface area contributed by atoms with Gasteiger partial charge in [-0.2, -0.15) is 4.98 Å². The minimum atomic E-state index is -0.237. The van der Waals surface area contributed by atoms with Crippen LogP contribution in [0.5, 0.6) is 5.88 Å². The Bertz CT molecular complexity index is 572. The molecule has 1 atom stereocenters. The third kappa shape index (κ3) is 4.39. The fourth-order valence-corrected chi connectivity index (χ4v) is 3.74. The van der Waals surface area contributed by atoms with Crippen molar-refractivity contribution in [2.75, 3.05) is 32.5 Å². The molecule has 0 amide bonds. The molecule has 1 aliphatic heterocycles. The van der Waals surface area contributed by atoms with Gasteiger partial charge in [-0.3, -0.25) is 4.79 Å². The minimum Gasteiger partial charge on any atom is -0.481 e. The molecule has 2 N–H and O–H groups in total. The van der Waals surface area contributed by atoms with E-state index in [-0.39, 0.29) is 23.4 Å². The molecule has 0 saturated carbocycles. The van der Waals surface area contributed by atoms with Gasteiger partial charge in [0.25, 0.3) is 0 Å². The van der Waals surface area contributed by atoms with Crippen molar-refractivity contribution in [3.05, 3.63) is 16.7 Å². The van der Waals surface area contributed by atoms with Crippen molar-refractivity contribution in [2.24, 2.45) is 5.92 Å². The van der Waals surface area contributed by atoms with Crippen molar-refractivity contribution >= 4 is 23.2 Å². The van der Waals surface area contributed by atoms with Gasteiger partial charge in [0.05, 0.1) is 18.1 Å². The van der Waals surface area contributed by atoms with E-state index in [1.807, 2.05) is 0 Å². The van der Waals surface area contributed by atoms with Crippen molar-refractivity contribution in [3.8, 4) is 5.88 Å². The molecule has 1 unspecified atom stereocenters. The van der Waals surface area contributed by atoms with Gasteiger partial charge in [0, 0.05) is 5.56 Å². The second kappa shape index (κ2) is 8.67. The molecule has 6 heteroatoms. The second-order valence-electron chi connectivity index (χ2n) is 6.57. The normalized spacial score (nSPS) is 17.7. The highest BCUT2D eigenvalue weighted by molar-refractivity contribution is 6.32. The lowest BCUT2D eigenvalue weighted by molar-refractivity contribution is -0.120. The van der Waals surface area contributed by atoms with E-state index in [2.05, 4.69) is 16.8 Å². The molecule has 1 aromatic heterocycles. The molecular weight excluding hydrogens is 326 g/mol. The first-order valence-corrected chi connectivity index (χ1v) is 9.08. The van der Waals surface area contributed by atoms with Crippen LogP contribution < -0.4 is 10.5 Å². The summed E-state index contributed by atoms with van der Waals surface area (Å²) in [5, 5.41) is 0.373. The Labute approximate surface area is 149 Å². The van der Waals surface area contributed by atoms with E-state index in [9.17, 15) is 4.79 Å². The Morgan fingerprint density at radius 3 is 2.71 bits per heavy atom. The largest absolute Gasteiger partial charge is 0.481 e. The molecule has 0 radical (unpaired) electrons. The Hall–Kier alpha value is -1.33. The Balaban J connectivity index is 2.19. The van der Waals surface area contributed by atoms with Crippen LogP contribution in [0.4, 0.5) is 5.82 Å². The van der Waals surface area contributed by atoms with Crippen LogP contribution in [-0.4, -0.2) is 42.4 Å². The second-order valence-corrected chi connectivity index (χ2v) is 6.98. The van der Waals surface area contributed by atoms with Crippen LogP contribution in [0, 0.1) is 5.92 Å². The number of unbranched alkanes of at least 4 members (excludes halogenated alkanes) is 1. The average Bonchev–Trinajstić information content (AvgIpc) is 2.57. The van der Waals surface area contributed by atoms with Crippen LogP contribution in [0.25, 0.3) is 0 Å². The van der Waals surface area contributed by atoms with E-state index in [4.69, 9.17) is 22.1 Å². The number of Topliss-reactive ketones (excluding diaryl/α,β-unsaturated/α-hetero) is 1. The van der Waals surface area contributed by atoms with Gasteiger partial charge in [-0.15, -0.1) is 0 Å². The maximum Gasteiger partial charge on any atom is 0.219 e. The van der Waals surface area contributed by atoms with E-state index in [0.29, 0.717) is 10.9 Å². The topological polar surface area (TPSA) is 68.5 Å². The van der Waals surface area contributed by atoms with E-state index < -0.39 is 0 Å². The number of nitrogens with zero attached hydrogens (tertiary/aromatic N) is 2. The van der Waals surface area contributed by atoms with Crippen molar-refractivity contribution in [3.63, 3.8) is 0 Å². The summed E-state index contributed by atoms with van der Waals surface area (Å²) >= 11 is 6.15. The predicted molar refractivity (Wildman–Crippen MR) is 97.7 cm³/mol. The first-order chi connectivity index (χ1) is 11.5. The number of ether oxygens (including phenoxy) is 1. The smallest absolute Gasteiger partial charge is 0.219 e. The number of nitrogen functional groups attached to an aromatic ring is 1. The van der Waals surface area contributed by atoms with Gasteiger partial charge in [0.15, 0.2) is 0 Å². The quantitative estimate of drug-likeness (QED) is 0.812. The zero-order valence-corrected chi connectivity index (χ0v) is 15.6. The number of pyridine rings is 1. The fourth-order valence-electron chi connectivity index (χ4n) is 3.58. The van der Waals surface area contributed by atoms with Gasteiger partial charge < -0.3 is 15.4 Å². The molecule has 5 nitrogen and oxygen atoms in total. The van der Waals surface area contributed by atoms with Crippen LogP contribution in [-0.2, 0) is 4.79 Å². The van der Waals surface area contributed by atoms with Crippen LogP contribution >= 0.6 is 11.6 Å². The van der Waals surface area contributed by atoms with Gasteiger partial charge in [0.2, 0.25) is 5.88 Å². The number of methoxy groups -OCH3 is 1. The van der Waals surface area contributed by atoms with Gasteiger partial charge in [-0.05, 0) is 57.8 Å². The average molecular weight is 354 g/mol. The Morgan fingerprint density at radius 2 is 2.17 bits per heavy atom. The van der Waals surface area contributed by atoms with Crippen LogP contribution in [0.15, 0.2) is 6.07 Å². The molecular formula is C18H28ClN3O2. The molecule has 1 aliphatic rings. The van der Waals surface area contributed by atoms with Crippen molar-refractivity contribution in [1.82, 2.24) is 9.88 Å². The van der Waals surface area contributed by atoms with Crippen molar-refractivity contribution in [2.45, 2.75) is 45.4 Å². The number of nitrogens with two attached hydrogens (primary N) is 1. The number of piperidine rings is 1. The van der Waals surface area contributed by atoms with E-state index in [1.54, 1.807) is 20.1 Å². The number of carbonyl (C=O) groups excluding carboxylic acids is 1. The SMILES string of the molecule is CCCCN1CCC(C(C(C)=O)c2cc(Cl)c(N)nc2OC)CC1. The molecule has 0 spiro atoms. The third-order valence-corrected chi connectivity index (χ3v) is 5.20. The fraction of sp³-hybridized carbons (Fsp3) is 0.667. The number of ketones is 1. The monoisotopic (exact) mass is 353 g/mol. The summed E-state index contributed by atoms with van der Waals surface area (Å²) in [6.45, 7) is 7.06. The van der Waals surface area contributed by atoms with E-state index in [1.165, 1.54) is 12.8 Å². The molecule has 1 fully saturated rings. The first kappa shape index (κ1) is 19.0. The summed E-state index contributed by atoms with van der Waals surface area (Å²) in [7, 11) is 1.55. The summed E-state index contributed by atoms with van der Waals surface area (Å²) < 4.78 is 5.36. The summed E-state index contributed by atoms with van der Waals surface area (Å²) in [6.07, 6.45) is 4.44. The summed E-state index contributed by atoms with van der Waals surface area (Å²) in [5.74, 6) is 0.817. The summed E-state index contributed by atoms with van der Waals surface area (Å²) in [5.41, 5.74) is 6.53. The van der Waals surface area contributed by atoms with Gasteiger partial charge in [0.1, 0.15) is 11.6 Å². The van der Waals surface area contributed by atoms with E-state index in [0.717, 1.165) is 38.0 Å². The van der Waals surface area contributed by atoms with Gasteiger partial charge >= 0.3 is 0 Å². The summed E-state index contributed by atoms with van der Waals surface area (Å²) in [4.78, 5) is 19.1. The van der Waals surface area contributed by atoms with Crippen LogP contribution in [0.3, 0.4) is 0 Å². The van der Waals surface area contributed by atoms with Crippen molar-refractivity contribution < 1.29 is 9.53 Å². The van der Waals surface area contributed by atoms with Crippen LogP contribution in [0.1, 0.15) is 51.0 Å². The lowest BCUT2D eigenvalue weighted by Crippen LogP contribution is -2.37. The number of halogens is 1. The summed E-state index contributed by atoms with van der Waals surface area (Å²) in [6, 6.07) is 1.75. The molecule has 2 heterocycles. The molecule has 1 aromatic rings. The molecule has 0 aromatic carbocycles. The Kier molecular flexibility index (Phi) is 6.87. The highest BCUT2D eigenvalue weighted by Gasteiger charge is 2.33. The van der Waals surface area contributed by atoms with Crippen molar-refractivity contribution in [1.29, 1.82) is 0 Å². The predicted octanol–water partition coefficient (Wildman–Crippen LogP) is 3.51. The lowest BCUT2D eigenvalue weighted by Gasteiger charge is -2.35. The number of anilines is 1. The minimum absolute atomic E-state index is 0.128. The molecule has 1 saturated heterocycles. The molecule has 24 heavy (non-hydrogen) atoms. The number of carbonyl (C=O) groups is 1. The molecule has 0 aliphatic carbocycles. The maximum absolute atomic E-state index is 12.4. The number of hydrogen-bond acceptors (Lipinski definition) is 5. The van der Waals surface area contributed by atoms with Gasteiger partial charge in [-0.1, -0.05) is 24.9 Å². The molecule has 0 bridgehead atoms. The highest BCUT2D eigenvalue weighted by atomic mass is 35.5. The first-order valence-electron chi connectivity index (χ1n) is 8.70. The Morgan fingerprint density at radius 1 is 1.50 bits per heavy atom. The molecule has 134 valence electrons.